The fourth-order valence-corrected chi connectivity index (χ4v) is 4.54. The highest BCUT2D eigenvalue weighted by molar-refractivity contribution is 7.91. The van der Waals surface area contributed by atoms with Crippen LogP contribution < -0.4 is 5.32 Å². The van der Waals surface area contributed by atoms with Crippen molar-refractivity contribution < 1.29 is 13.2 Å². The van der Waals surface area contributed by atoms with Crippen molar-refractivity contribution in [2.24, 2.45) is 5.41 Å². The quantitative estimate of drug-likeness (QED) is 0.790. The van der Waals surface area contributed by atoms with E-state index in [2.05, 4.69) is 10.2 Å². The largest absolute Gasteiger partial charge is 0.381 e. The Morgan fingerprint density at radius 3 is 2.60 bits per heavy atom. The molecular formula is C14H26N2O3S. The Morgan fingerprint density at radius 1 is 1.25 bits per heavy atom. The van der Waals surface area contributed by atoms with Crippen LogP contribution in [0.4, 0.5) is 0 Å². The zero-order valence-electron chi connectivity index (χ0n) is 12.1. The first-order valence-electron chi connectivity index (χ1n) is 7.81. The van der Waals surface area contributed by atoms with E-state index >= 15 is 0 Å². The van der Waals surface area contributed by atoms with Gasteiger partial charge in [-0.15, -0.1) is 0 Å². The van der Waals surface area contributed by atoms with E-state index in [4.69, 9.17) is 4.74 Å². The minimum Gasteiger partial charge on any atom is -0.381 e. The Balaban J connectivity index is 1.57. The lowest BCUT2D eigenvalue weighted by molar-refractivity contribution is -0.0252. The van der Waals surface area contributed by atoms with Crippen LogP contribution in [-0.4, -0.2) is 70.3 Å². The summed E-state index contributed by atoms with van der Waals surface area (Å²) in [6.45, 7) is 5.06. The average molecular weight is 302 g/mol. The molecular weight excluding hydrogens is 276 g/mol. The highest BCUT2D eigenvalue weighted by atomic mass is 32.2. The average Bonchev–Trinajstić information content (AvgIpc) is 3.25. The molecule has 0 spiro atoms. The molecule has 1 saturated carbocycles. The van der Waals surface area contributed by atoms with Crippen LogP contribution in [0, 0.1) is 5.41 Å². The Hall–Kier alpha value is -0.170. The zero-order chi connectivity index (χ0) is 14.1. The summed E-state index contributed by atoms with van der Waals surface area (Å²) in [6.07, 6.45) is 4.92. The molecule has 2 aliphatic heterocycles. The molecule has 3 aliphatic rings. The maximum absolute atomic E-state index is 11.5. The summed E-state index contributed by atoms with van der Waals surface area (Å²) in [4.78, 5) is 2.32. The van der Waals surface area contributed by atoms with Crippen LogP contribution in [-0.2, 0) is 14.6 Å². The molecule has 3 fully saturated rings. The van der Waals surface area contributed by atoms with Crippen molar-refractivity contribution in [3.05, 3.63) is 0 Å². The number of rotatable bonds is 5. The monoisotopic (exact) mass is 302 g/mol. The lowest BCUT2D eigenvalue weighted by atomic mass is 9.81. The molecule has 1 N–H and O–H groups in total. The van der Waals surface area contributed by atoms with Crippen molar-refractivity contribution in [2.45, 2.75) is 31.7 Å². The predicted octanol–water partition coefficient (Wildman–Crippen LogP) is 0.266. The van der Waals surface area contributed by atoms with Crippen molar-refractivity contribution in [1.82, 2.24) is 10.2 Å². The van der Waals surface area contributed by atoms with Crippen LogP contribution in [0.3, 0.4) is 0 Å². The predicted molar refractivity (Wildman–Crippen MR) is 78.6 cm³/mol. The van der Waals surface area contributed by atoms with Gasteiger partial charge in [-0.25, -0.2) is 8.42 Å². The minimum absolute atomic E-state index is 0.182. The molecule has 1 unspecified atom stereocenters. The third-order valence-corrected chi connectivity index (χ3v) is 6.35. The molecule has 1 atom stereocenters. The van der Waals surface area contributed by atoms with Crippen molar-refractivity contribution in [2.75, 3.05) is 50.9 Å². The van der Waals surface area contributed by atoms with Gasteiger partial charge in [-0.05, 0) is 25.7 Å². The summed E-state index contributed by atoms with van der Waals surface area (Å²) in [5.41, 5.74) is 0.182. The van der Waals surface area contributed by atoms with Crippen molar-refractivity contribution >= 4 is 9.84 Å². The highest BCUT2D eigenvalue weighted by Crippen LogP contribution is 2.31. The SMILES string of the molecule is O=S1(=O)CCN(CC2(CNC3CC3)CCCOC2)CC1. The molecule has 1 aliphatic carbocycles. The maximum Gasteiger partial charge on any atom is 0.152 e. The lowest BCUT2D eigenvalue weighted by Crippen LogP contribution is -2.52. The first-order chi connectivity index (χ1) is 9.57. The fraction of sp³-hybridized carbons (Fsp3) is 1.00. The van der Waals surface area contributed by atoms with E-state index in [-0.39, 0.29) is 5.41 Å². The number of sulfone groups is 1. The summed E-state index contributed by atoms with van der Waals surface area (Å²) >= 11 is 0. The summed E-state index contributed by atoms with van der Waals surface area (Å²) in [7, 11) is -2.78. The Bertz CT molecular complexity index is 414. The number of hydrogen-bond donors (Lipinski definition) is 1. The van der Waals surface area contributed by atoms with Crippen LogP contribution in [0.15, 0.2) is 0 Å². The molecule has 2 heterocycles. The molecule has 2 saturated heterocycles. The maximum atomic E-state index is 11.5. The molecule has 3 rings (SSSR count). The van der Waals surface area contributed by atoms with Gasteiger partial charge in [-0.3, -0.25) is 0 Å². The van der Waals surface area contributed by atoms with Crippen molar-refractivity contribution in [3.63, 3.8) is 0 Å². The van der Waals surface area contributed by atoms with Gasteiger partial charge in [0.15, 0.2) is 9.84 Å². The van der Waals surface area contributed by atoms with Crippen LogP contribution in [0.25, 0.3) is 0 Å². The second-order valence-corrected chi connectivity index (χ2v) is 9.04. The van der Waals surface area contributed by atoms with Crippen molar-refractivity contribution in [3.8, 4) is 0 Å². The van der Waals surface area contributed by atoms with E-state index in [1.807, 2.05) is 0 Å². The summed E-state index contributed by atoms with van der Waals surface area (Å²) in [5.74, 6) is 0.639. The number of hydrogen-bond acceptors (Lipinski definition) is 5. The molecule has 0 aromatic heterocycles. The van der Waals surface area contributed by atoms with E-state index in [1.54, 1.807) is 0 Å². The minimum atomic E-state index is -2.78. The summed E-state index contributed by atoms with van der Waals surface area (Å²) in [5, 5.41) is 3.65. The molecule has 0 amide bonds. The molecule has 0 bridgehead atoms. The third kappa shape index (κ3) is 3.93. The Labute approximate surface area is 122 Å². The van der Waals surface area contributed by atoms with Crippen LogP contribution in [0.2, 0.25) is 0 Å². The van der Waals surface area contributed by atoms with Crippen LogP contribution in [0.1, 0.15) is 25.7 Å². The Morgan fingerprint density at radius 2 is 2.00 bits per heavy atom. The van der Waals surface area contributed by atoms with Gasteiger partial charge in [0, 0.05) is 44.2 Å². The molecule has 6 heteroatoms. The molecule has 5 nitrogen and oxygen atoms in total. The number of ether oxygens (including phenoxy) is 1. The van der Waals surface area contributed by atoms with E-state index in [0.29, 0.717) is 24.6 Å². The van der Waals surface area contributed by atoms with Gasteiger partial charge < -0.3 is 15.0 Å². The highest BCUT2D eigenvalue weighted by Gasteiger charge is 2.37. The van der Waals surface area contributed by atoms with E-state index in [0.717, 1.165) is 38.8 Å². The smallest absolute Gasteiger partial charge is 0.152 e. The van der Waals surface area contributed by atoms with Crippen LogP contribution in [0.5, 0.6) is 0 Å². The molecule has 0 radical (unpaired) electrons. The first-order valence-corrected chi connectivity index (χ1v) is 9.63. The number of nitrogens with zero attached hydrogens (tertiary/aromatic N) is 1. The summed E-state index contributed by atoms with van der Waals surface area (Å²) in [6, 6.07) is 0.718. The second kappa shape index (κ2) is 5.91. The second-order valence-electron chi connectivity index (χ2n) is 6.74. The van der Waals surface area contributed by atoms with E-state index in [1.165, 1.54) is 19.3 Å². The van der Waals surface area contributed by atoms with Gasteiger partial charge in [0.2, 0.25) is 0 Å². The van der Waals surface area contributed by atoms with Gasteiger partial charge in [0.25, 0.3) is 0 Å². The Kier molecular flexibility index (Phi) is 4.36. The molecule has 0 aromatic rings. The fourth-order valence-electron chi connectivity index (χ4n) is 3.26. The molecule has 116 valence electrons. The standard InChI is InChI=1S/C14H26N2O3S/c17-20(18)8-5-16(6-9-20)11-14(4-1-7-19-12-14)10-15-13-2-3-13/h13,15H,1-12H2. The van der Waals surface area contributed by atoms with Crippen molar-refractivity contribution in [1.29, 1.82) is 0 Å². The lowest BCUT2D eigenvalue weighted by Gasteiger charge is -2.42. The molecule has 20 heavy (non-hydrogen) atoms. The van der Waals surface area contributed by atoms with Crippen LogP contribution >= 0.6 is 0 Å². The van der Waals surface area contributed by atoms with Gasteiger partial charge >= 0.3 is 0 Å². The van der Waals surface area contributed by atoms with E-state index < -0.39 is 9.84 Å². The zero-order valence-corrected chi connectivity index (χ0v) is 13.0. The van der Waals surface area contributed by atoms with E-state index in [9.17, 15) is 8.42 Å². The van der Waals surface area contributed by atoms with Gasteiger partial charge in [-0.2, -0.15) is 0 Å². The first kappa shape index (κ1) is 14.8. The number of nitrogens with one attached hydrogen (secondary N) is 1. The van der Waals surface area contributed by atoms with Gasteiger partial charge in [0.1, 0.15) is 0 Å². The topological polar surface area (TPSA) is 58.6 Å². The third-order valence-electron chi connectivity index (χ3n) is 4.74. The van der Waals surface area contributed by atoms with Gasteiger partial charge in [0.05, 0.1) is 18.1 Å². The molecule has 0 aromatic carbocycles. The normalized spacial score (nSPS) is 35.0. The summed E-state index contributed by atoms with van der Waals surface area (Å²) < 4.78 is 28.8. The van der Waals surface area contributed by atoms with Gasteiger partial charge in [-0.1, -0.05) is 0 Å².